The van der Waals surface area contributed by atoms with Crippen molar-refractivity contribution >= 4 is 42.5 Å². The number of rotatable bonds is 8. The van der Waals surface area contributed by atoms with Crippen molar-refractivity contribution in [2.45, 2.75) is 45.4 Å². The second kappa shape index (κ2) is 13.6. The van der Waals surface area contributed by atoms with Crippen LogP contribution < -0.4 is 0 Å². The summed E-state index contributed by atoms with van der Waals surface area (Å²) in [7, 11) is 0. The Labute approximate surface area is 110 Å². The molecule has 86 valence electrons. The van der Waals surface area contributed by atoms with Crippen LogP contribution in [0.4, 0.5) is 0 Å². The molecule has 0 atom stereocenters. The van der Waals surface area contributed by atoms with E-state index < -0.39 is 0 Å². The molecule has 0 aromatic heterocycles. The van der Waals surface area contributed by atoms with Gasteiger partial charge in [0.25, 0.3) is 0 Å². The van der Waals surface area contributed by atoms with Crippen molar-refractivity contribution in [3.05, 3.63) is 0 Å². The van der Waals surface area contributed by atoms with Gasteiger partial charge in [0, 0.05) is 0 Å². The van der Waals surface area contributed by atoms with Crippen LogP contribution >= 0.6 is 12.6 Å². The first kappa shape index (κ1) is 17.0. The third-order valence-electron chi connectivity index (χ3n) is 1.89. The molecule has 0 bridgehead atoms. The zero-order valence-corrected chi connectivity index (χ0v) is 9.31. The van der Waals surface area contributed by atoms with Gasteiger partial charge in [-0.05, 0) is 6.42 Å². The molecular weight excluding hydrogens is 303 g/mol. The number of carbonyl (C=O) groups is 1. The molecule has 0 N–H and O–H groups in total. The van der Waals surface area contributed by atoms with Crippen molar-refractivity contribution in [3.8, 4) is 0 Å². The molecule has 0 saturated heterocycles. The van der Waals surface area contributed by atoms with Crippen molar-refractivity contribution in [1.29, 1.82) is 0 Å². The van der Waals surface area contributed by atoms with Gasteiger partial charge < -0.3 is 4.74 Å². The summed E-state index contributed by atoms with van der Waals surface area (Å²) in [5, 5.41) is 0. The Morgan fingerprint density at radius 3 is 2.29 bits per heavy atom. The zero-order valence-electron chi connectivity index (χ0n) is 8.42. The molecule has 0 heterocycles. The number of hydrogen-bond acceptors (Lipinski definition) is 3. The number of hydrogen-bond donors (Lipinski definition) is 1. The molecule has 2 nitrogen and oxygen atoms in total. The van der Waals surface area contributed by atoms with Gasteiger partial charge in [-0.15, -0.1) is 0 Å². The molecular formula is C10H24O2SSn. The molecule has 0 radical (unpaired) electrons. The van der Waals surface area contributed by atoms with Crippen molar-refractivity contribution < 1.29 is 9.53 Å². The molecule has 0 aliphatic rings. The predicted octanol–water partition coefficient (Wildman–Crippen LogP) is 1.37. The average Bonchev–Trinajstić information content (AvgIpc) is 2.16. The van der Waals surface area contributed by atoms with Crippen LogP contribution in [0, 0.1) is 0 Å². The molecule has 0 aliphatic carbocycles. The van der Waals surface area contributed by atoms with Crippen LogP contribution in [-0.4, -0.2) is 42.2 Å². The minimum atomic E-state index is -0.211. The molecule has 4 heteroatoms. The third kappa shape index (κ3) is 12.6. The van der Waals surface area contributed by atoms with Gasteiger partial charge in [0.2, 0.25) is 0 Å². The van der Waals surface area contributed by atoms with Crippen molar-refractivity contribution in [3.63, 3.8) is 0 Å². The first-order chi connectivity index (χ1) is 6.31. The molecule has 0 aromatic rings. The predicted molar refractivity (Wildman–Crippen MR) is 69.5 cm³/mol. The Hall–Kier alpha value is 0.619. The summed E-state index contributed by atoms with van der Waals surface area (Å²) in [6.07, 6.45) is 7.30. The van der Waals surface area contributed by atoms with E-state index in [4.69, 9.17) is 4.74 Å². The van der Waals surface area contributed by atoms with E-state index in [1.807, 2.05) is 0 Å². The van der Waals surface area contributed by atoms with E-state index in [-0.39, 0.29) is 35.6 Å². The van der Waals surface area contributed by atoms with Crippen LogP contribution in [0.2, 0.25) is 0 Å². The Morgan fingerprint density at radius 1 is 1.14 bits per heavy atom. The zero-order chi connectivity index (χ0) is 9.94. The molecule has 14 heavy (non-hydrogen) atoms. The van der Waals surface area contributed by atoms with E-state index in [1.165, 1.54) is 32.1 Å². The number of esters is 1. The second-order valence-corrected chi connectivity index (χ2v) is 3.46. The minimum absolute atomic E-state index is 0. The van der Waals surface area contributed by atoms with Crippen LogP contribution in [0.1, 0.15) is 45.4 Å². The summed E-state index contributed by atoms with van der Waals surface area (Å²) in [6.45, 7) is 2.76. The van der Waals surface area contributed by atoms with Crippen LogP contribution in [0.5, 0.6) is 0 Å². The number of thiol groups is 1. The Balaban J connectivity index is 0. The Bertz CT molecular complexity index is 131. The maximum atomic E-state index is 10.6. The second-order valence-electron chi connectivity index (χ2n) is 3.15. The maximum absolute atomic E-state index is 10.6. The quantitative estimate of drug-likeness (QED) is 0.315. The average molecular weight is 327 g/mol. The van der Waals surface area contributed by atoms with E-state index in [0.717, 1.165) is 6.42 Å². The van der Waals surface area contributed by atoms with Gasteiger partial charge in [0.05, 0.1) is 12.4 Å². The first-order valence-corrected chi connectivity index (χ1v) is 5.71. The fraction of sp³-hybridized carbons (Fsp3) is 0.900. The summed E-state index contributed by atoms with van der Waals surface area (Å²) in [4.78, 5) is 10.6. The Morgan fingerprint density at radius 2 is 1.71 bits per heavy atom. The van der Waals surface area contributed by atoms with Crippen LogP contribution in [0.3, 0.4) is 0 Å². The van der Waals surface area contributed by atoms with Crippen LogP contribution in [-0.2, 0) is 9.53 Å². The molecule has 0 aliphatic heterocycles. The number of unbranched alkanes of at least 4 members (excludes halogenated alkanes) is 5. The first-order valence-electron chi connectivity index (χ1n) is 5.07. The van der Waals surface area contributed by atoms with Gasteiger partial charge in [-0.2, -0.15) is 12.6 Å². The molecule has 0 unspecified atom stereocenters. The normalized spacial score (nSPS) is 9.29. The summed E-state index contributed by atoms with van der Waals surface area (Å²) >= 11 is 3.81. The van der Waals surface area contributed by atoms with Gasteiger partial charge in [-0.3, -0.25) is 4.79 Å². The van der Waals surface area contributed by atoms with Gasteiger partial charge in [0.1, 0.15) is 0 Å². The van der Waals surface area contributed by atoms with Crippen molar-refractivity contribution in [2.75, 3.05) is 12.4 Å². The fourth-order valence-electron chi connectivity index (χ4n) is 1.11. The molecule has 0 saturated carbocycles. The summed E-state index contributed by atoms with van der Waals surface area (Å²) in [6, 6.07) is 0. The van der Waals surface area contributed by atoms with Gasteiger partial charge in [-0.25, -0.2) is 0 Å². The number of carbonyl (C=O) groups excluding carboxylic acids is 1. The van der Waals surface area contributed by atoms with Gasteiger partial charge >= 0.3 is 29.9 Å². The molecule has 0 amide bonds. The summed E-state index contributed by atoms with van der Waals surface area (Å²) in [5.74, 6) is -0.0209. The standard InChI is InChI=1S/C10H20O2S.Sn.4H/c1-2-3-4-5-6-7-8-12-10(11)9-13;;;;;/h13H,2-9H2,1H3;;;;;. The Kier molecular flexibility index (Phi) is 16.6. The van der Waals surface area contributed by atoms with Crippen molar-refractivity contribution in [2.24, 2.45) is 0 Å². The molecule has 0 fully saturated rings. The molecule has 0 spiro atoms. The van der Waals surface area contributed by atoms with E-state index >= 15 is 0 Å². The van der Waals surface area contributed by atoms with Gasteiger partial charge in [-0.1, -0.05) is 39.0 Å². The van der Waals surface area contributed by atoms with E-state index in [0.29, 0.717) is 6.61 Å². The molecule has 0 aromatic carbocycles. The topological polar surface area (TPSA) is 26.3 Å². The van der Waals surface area contributed by atoms with Crippen LogP contribution in [0.15, 0.2) is 0 Å². The monoisotopic (exact) mass is 328 g/mol. The van der Waals surface area contributed by atoms with E-state index in [2.05, 4.69) is 19.6 Å². The van der Waals surface area contributed by atoms with E-state index in [9.17, 15) is 4.79 Å². The van der Waals surface area contributed by atoms with E-state index in [1.54, 1.807) is 0 Å². The SMILES string of the molecule is CCCCCCCCOC(=O)CS.[SnH4]. The van der Waals surface area contributed by atoms with Crippen molar-refractivity contribution in [1.82, 2.24) is 0 Å². The number of ether oxygens (including phenoxy) is 1. The molecule has 0 rings (SSSR count). The fourth-order valence-corrected chi connectivity index (χ4v) is 1.21. The summed E-state index contributed by atoms with van der Waals surface area (Å²) in [5.41, 5.74) is 0. The summed E-state index contributed by atoms with van der Waals surface area (Å²) < 4.78 is 4.88. The van der Waals surface area contributed by atoms with Gasteiger partial charge in [0.15, 0.2) is 0 Å². The third-order valence-corrected chi connectivity index (χ3v) is 2.15. The van der Waals surface area contributed by atoms with Crippen LogP contribution in [0.25, 0.3) is 0 Å².